The third-order valence-corrected chi connectivity index (χ3v) is 4.22. The first-order valence-electron chi connectivity index (χ1n) is 6.31. The van der Waals surface area contributed by atoms with Crippen molar-refractivity contribution >= 4 is 55.7 Å². The van der Waals surface area contributed by atoms with Gasteiger partial charge in [0.1, 0.15) is 5.75 Å². The van der Waals surface area contributed by atoms with Crippen LogP contribution in [0.15, 0.2) is 35.2 Å². The van der Waals surface area contributed by atoms with Crippen molar-refractivity contribution in [3.8, 4) is 5.75 Å². The molecule has 0 radical (unpaired) electrons. The second kappa shape index (κ2) is 6.02. The van der Waals surface area contributed by atoms with Crippen molar-refractivity contribution in [3.05, 3.63) is 40.9 Å². The Kier molecular flexibility index (Phi) is 4.18. The van der Waals surface area contributed by atoms with Crippen LogP contribution in [-0.4, -0.2) is 33.0 Å². The van der Waals surface area contributed by atoms with Crippen molar-refractivity contribution in [2.24, 2.45) is 0 Å². The smallest absolute Gasteiger partial charge is 0.294 e. The van der Waals surface area contributed by atoms with Gasteiger partial charge < -0.3 is 10.4 Å². The van der Waals surface area contributed by atoms with Gasteiger partial charge in [-0.05, 0) is 46.8 Å². The molecule has 124 valence electrons. The number of hydrogen-bond donors (Lipinski definition) is 3. The third kappa shape index (κ3) is 3.34. The predicted octanol–water partition coefficient (Wildman–Crippen LogP) is 3.03. The Morgan fingerprint density at radius 1 is 1.04 bits per heavy atom. The van der Waals surface area contributed by atoms with E-state index in [1.165, 1.54) is 18.2 Å². The molecule has 3 rings (SSSR count). The standard InChI is InChI=1S/C13H8Cl2N4O4S/c14-11-17-12(15)19-13(18-11)16-8-5-7(24(21,22)23)4-6-2-1-3-9(20)10(6)8/h1-5,20H,(H,21,22,23)(H,16,17,18,19). The lowest BCUT2D eigenvalue weighted by Gasteiger charge is -2.12. The van der Waals surface area contributed by atoms with E-state index in [-0.39, 0.29) is 32.8 Å². The zero-order valence-electron chi connectivity index (χ0n) is 11.6. The first-order valence-corrected chi connectivity index (χ1v) is 8.51. The molecular weight excluding hydrogens is 379 g/mol. The summed E-state index contributed by atoms with van der Waals surface area (Å²) in [4.78, 5) is 10.9. The minimum atomic E-state index is -4.47. The van der Waals surface area contributed by atoms with Gasteiger partial charge in [-0.15, -0.1) is 0 Å². The number of hydrogen-bond acceptors (Lipinski definition) is 7. The van der Waals surface area contributed by atoms with Crippen LogP contribution >= 0.6 is 23.2 Å². The summed E-state index contributed by atoms with van der Waals surface area (Å²) < 4.78 is 32.2. The quantitative estimate of drug-likeness (QED) is 0.586. The lowest BCUT2D eigenvalue weighted by molar-refractivity contribution is 0.480. The third-order valence-electron chi connectivity index (χ3n) is 3.05. The van der Waals surface area contributed by atoms with Gasteiger partial charge in [0.2, 0.25) is 16.5 Å². The Hall–Kier alpha value is -2.20. The molecule has 0 amide bonds. The molecule has 3 N–H and O–H groups in total. The predicted molar refractivity (Wildman–Crippen MR) is 88.6 cm³/mol. The topological polar surface area (TPSA) is 125 Å². The second-order valence-corrected chi connectivity index (χ2v) is 6.74. The Labute approximate surface area is 145 Å². The molecule has 0 fully saturated rings. The summed E-state index contributed by atoms with van der Waals surface area (Å²) in [6.45, 7) is 0. The normalized spacial score (nSPS) is 11.6. The maximum absolute atomic E-state index is 11.5. The molecule has 24 heavy (non-hydrogen) atoms. The zero-order chi connectivity index (χ0) is 17.5. The molecule has 2 aromatic carbocycles. The van der Waals surface area contributed by atoms with Crippen molar-refractivity contribution in [2.75, 3.05) is 5.32 Å². The second-order valence-electron chi connectivity index (χ2n) is 4.64. The van der Waals surface area contributed by atoms with Crippen LogP contribution in [0.25, 0.3) is 10.8 Å². The number of rotatable bonds is 3. The Morgan fingerprint density at radius 2 is 1.71 bits per heavy atom. The van der Waals surface area contributed by atoms with E-state index in [1.54, 1.807) is 6.07 Å². The van der Waals surface area contributed by atoms with Gasteiger partial charge >= 0.3 is 0 Å². The first-order chi connectivity index (χ1) is 11.2. The summed E-state index contributed by atoms with van der Waals surface area (Å²) in [5.41, 5.74) is 0.136. The van der Waals surface area contributed by atoms with E-state index in [1.807, 2.05) is 0 Å². The maximum atomic E-state index is 11.5. The highest BCUT2D eigenvalue weighted by Gasteiger charge is 2.16. The fraction of sp³-hybridized carbons (Fsp3) is 0. The summed E-state index contributed by atoms with van der Waals surface area (Å²) in [5.74, 6) is -0.167. The van der Waals surface area contributed by atoms with E-state index in [9.17, 15) is 18.1 Å². The van der Waals surface area contributed by atoms with Gasteiger partial charge in [0.05, 0.1) is 10.6 Å². The molecule has 1 aromatic heterocycles. The first kappa shape index (κ1) is 16.7. The van der Waals surface area contributed by atoms with E-state index in [2.05, 4.69) is 20.3 Å². The molecule has 0 spiro atoms. The van der Waals surface area contributed by atoms with E-state index in [0.29, 0.717) is 10.8 Å². The van der Waals surface area contributed by atoms with Crippen LogP contribution in [0.4, 0.5) is 11.6 Å². The number of phenols is 1. The molecule has 0 bridgehead atoms. The average Bonchev–Trinajstić information content (AvgIpc) is 2.45. The molecule has 0 unspecified atom stereocenters. The number of aromatic hydroxyl groups is 1. The number of fused-ring (bicyclic) bond motifs is 1. The van der Waals surface area contributed by atoms with E-state index >= 15 is 0 Å². The molecular formula is C13H8Cl2N4O4S. The van der Waals surface area contributed by atoms with Crippen LogP contribution < -0.4 is 5.32 Å². The lowest BCUT2D eigenvalue weighted by Crippen LogP contribution is -2.03. The van der Waals surface area contributed by atoms with Gasteiger partial charge in [-0.3, -0.25) is 4.55 Å². The van der Waals surface area contributed by atoms with Crippen LogP contribution in [0.5, 0.6) is 5.75 Å². The van der Waals surface area contributed by atoms with Crippen LogP contribution in [0.3, 0.4) is 0 Å². The molecule has 0 saturated carbocycles. The number of anilines is 2. The van der Waals surface area contributed by atoms with E-state index < -0.39 is 10.1 Å². The number of benzene rings is 2. The molecule has 0 aliphatic carbocycles. The average molecular weight is 387 g/mol. The number of nitrogens with one attached hydrogen (secondary N) is 1. The Balaban J connectivity index is 2.24. The molecule has 0 atom stereocenters. The van der Waals surface area contributed by atoms with Crippen LogP contribution in [0, 0.1) is 0 Å². The lowest BCUT2D eigenvalue weighted by atomic mass is 10.1. The van der Waals surface area contributed by atoms with Crippen molar-refractivity contribution in [1.82, 2.24) is 15.0 Å². The molecule has 1 heterocycles. The van der Waals surface area contributed by atoms with Gasteiger partial charge in [-0.2, -0.15) is 23.4 Å². The van der Waals surface area contributed by atoms with Crippen molar-refractivity contribution < 1.29 is 18.1 Å². The van der Waals surface area contributed by atoms with Gasteiger partial charge in [0.25, 0.3) is 10.1 Å². The van der Waals surface area contributed by atoms with Gasteiger partial charge in [-0.1, -0.05) is 12.1 Å². The zero-order valence-corrected chi connectivity index (χ0v) is 13.9. The van der Waals surface area contributed by atoms with Crippen molar-refractivity contribution in [2.45, 2.75) is 4.90 Å². The highest BCUT2D eigenvalue weighted by molar-refractivity contribution is 7.85. The van der Waals surface area contributed by atoms with Crippen molar-refractivity contribution in [3.63, 3.8) is 0 Å². The number of aromatic nitrogens is 3. The molecule has 3 aromatic rings. The maximum Gasteiger partial charge on any atom is 0.294 e. The summed E-state index contributed by atoms with van der Waals surface area (Å²) in [5, 5.41) is 13.1. The van der Waals surface area contributed by atoms with Gasteiger partial charge in [0.15, 0.2) is 0 Å². The van der Waals surface area contributed by atoms with Crippen LogP contribution in [-0.2, 0) is 10.1 Å². The summed E-state index contributed by atoms with van der Waals surface area (Å²) >= 11 is 11.4. The Bertz CT molecular complexity index is 1040. The SMILES string of the molecule is O=S(=O)(O)c1cc(Nc2nc(Cl)nc(Cl)n2)c2c(O)cccc2c1. The number of phenolic OH excluding ortho intramolecular Hbond substituents is 1. The Morgan fingerprint density at radius 3 is 2.33 bits per heavy atom. The van der Waals surface area contributed by atoms with E-state index in [4.69, 9.17) is 23.2 Å². The fourth-order valence-electron chi connectivity index (χ4n) is 2.13. The number of nitrogens with zero attached hydrogens (tertiary/aromatic N) is 3. The summed E-state index contributed by atoms with van der Waals surface area (Å²) in [6, 6.07) is 6.88. The van der Waals surface area contributed by atoms with Gasteiger partial charge in [-0.25, -0.2) is 0 Å². The van der Waals surface area contributed by atoms with E-state index in [0.717, 1.165) is 6.07 Å². The molecule has 11 heteroatoms. The molecule has 0 saturated heterocycles. The van der Waals surface area contributed by atoms with Gasteiger partial charge in [0, 0.05) is 5.39 Å². The minimum Gasteiger partial charge on any atom is -0.507 e. The monoisotopic (exact) mass is 386 g/mol. The molecule has 0 aliphatic heterocycles. The van der Waals surface area contributed by atoms with Crippen LogP contribution in [0.2, 0.25) is 10.6 Å². The minimum absolute atomic E-state index is 0.0583. The molecule has 0 aliphatic rings. The summed E-state index contributed by atoms with van der Waals surface area (Å²) in [6.07, 6.45) is 0. The molecule has 8 nitrogen and oxygen atoms in total. The summed E-state index contributed by atoms with van der Waals surface area (Å²) in [7, 11) is -4.47. The van der Waals surface area contributed by atoms with Crippen molar-refractivity contribution in [1.29, 1.82) is 0 Å². The van der Waals surface area contributed by atoms with Crippen LogP contribution in [0.1, 0.15) is 0 Å². The highest BCUT2D eigenvalue weighted by atomic mass is 35.5. The highest BCUT2D eigenvalue weighted by Crippen LogP contribution is 2.35. The fourth-order valence-corrected chi connectivity index (χ4v) is 3.04. The number of halogens is 2. The largest absolute Gasteiger partial charge is 0.507 e.